The van der Waals surface area contributed by atoms with Crippen LogP contribution in [0.4, 0.5) is 0 Å². The Balaban J connectivity index is 0. The molecule has 0 aliphatic rings. The lowest BCUT2D eigenvalue weighted by molar-refractivity contribution is -0.398. The molecule has 0 aromatic carbocycles. The normalized spacial score (nSPS) is 8.00. The first kappa shape index (κ1) is 11.2. The molecule has 0 heterocycles. The molecule has 0 aliphatic heterocycles. The predicted molar refractivity (Wildman–Crippen MR) is 32.4 cm³/mol. The number of rotatable bonds is 2. The summed E-state index contributed by atoms with van der Waals surface area (Å²) in [6, 6.07) is 0. The molecule has 0 atom stereocenters. The molecule has 0 aliphatic carbocycles. The van der Waals surface area contributed by atoms with Crippen LogP contribution < -0.4 is 5.34 Å². The number of hydroxylamine groups is 2. The van der Waals surface area contributed by atoms with Crippen molar-refractivity contribution in [2.75, 3.05) is 13.1 Å². The highest BCUT2D eigenvalue weighted by molar-refractivity contribution is 4.26. The lowest BCUT2D eigenvalue weighted by atomic mass is 10.6. The highest BCUT2D eigenvalue weighted by atomic mass is 16.6. The van der Waals surface area contributed by atoms with Crippen molar-refractivity contribution in [3.63, 3.8) is 0 Å². The van der Waals surface area contributed by atoms with Crippen LogP contribution in [-0.2, 0) is 0 Å². The van der Waals surface area contributed by atoms with Crippen LogP contribution in [0.5, 0.6) is 0 Å². The minimum absolute atomic E-state index is 0.250. The first-order valence-corrected chi connectivity index (χ1v) is 2.65. The van der Waals surface area contributed by atoms with Gasteiger partial charge in [-0.3, -0.25) is 10.1 Å². The lowest BCUT2D eigenvalue weighted by Crippen LogP contribution is -2.53. The predicted octanol–water partition coefficient (Wildman–Crippen LogP) is -0.951. The van der Waals surface area contributed by atoms with E-state index in [1.807, 2.05) is 13.8 Å². The lowest BCUT2D eigenvalue weighted by Gasteiger charge is -2.05. The van der Waals surface area contributed by atoms with Crippen LogP contribution in [0.2, 0.25) is 0 Å². The van der Waals surface area contributed by atoms with Crippen molar-refractivity contribution in [1.29, 1.82) is 0 Å². The Morgan fingerprint density at radius 3 is 1.78 bits per heavy atom. The highest BCUT2D eigenvalue weighted by Gasteiger charge is 1.84. The average Bonchev–Trinajstić information content (AvgIpc) is 1.88. The second kappa shape index (κ2) is 10.3. The fourth-order valence-corrected chi connectivity index (χ4v) is 0.224. The van der Waals surface area contributed by atoms with Gasteiger partial charge in [-0.1, -0.05) is 13.8 Å². The largest absolute Gasteiger partial charge is 0.314 e. The van der Waals surface area contributed by atoms with E-state index in [0.717, 1.165) is 13.1 Å². The summed E-state index contributed by atoms with van der Waals surface area (Å²) in [5.41, 5.74) is 0. The van der Waals surface area contributed by atoms with Gasteiger partial charge >= 0.3 is 0 Å². The number of nitrogens with one attached hydrogen (secondary N) is 1. The van der Waals surface area contributed by atoms with Crippen LogP contribution in [0.25, 0.3) is 0 Å². The van der Waals surface area contributed by atoms with Gasteiger partial charge in [-0.2, -0.15) is 5.06 Å². The summed E-state index contributed by atoms with van der Waals surface area (Å²) in [7, 11) is 0. The molecule has 0 radical (unpaired) electrons. The van der Waals surface area contributed by atoms with Crippen molar-refractivity contribution in [2.45, 2.75) is 13.8 Å². The van der Waals surface area contributed by atoms with Gasteiger partial charge in [0.25, 0.3) is 0 Å². The van der Waals surface area contributed by atoms with Gasteiger partial charge in [-0.25, -0.2) is 0 Å². The third kappa shape index (κ3) is 18.8. The van der Waals surface area contributed by atoms with Crippen molar-refractivity contribution in [3.05, 3.63) is 10.1 Å². The van der Waals surface area contributed by atoms with Gasteiger partial charge in [-0.05, 0) is 0 Å². The van der Waals surface area contributed by atoms with E-state index in [9.17, 15) is 0 Å². The van der Waals surface area contributed by atoms with Crippen molar-refractivity contribution in [2.24, 2.45) is 0 Å². The third-order valence-corrected chi connectivity index (χ3v) is 0.730. The van der Waals surface area contributed by atoms with E-state index in [1.54, 1.807) is 0 Å². The maximum atomic E-state index is 8.50. The van der Waals surface area contributed by atoms with Crippen molar-refractivity contribution < 1.29 is 10.5 Å². The number of nitrogens with zero attached hydrogens (tertiary/aromatic N) is 1. The summed E-state index contributed by atoms with van der Waals surface area (Å²) in [6.07, 6.45) is 0. The smallest absolute Gasteiger partial charge is 0.0209 e. The molecule has 0 amide bonds. The molecule has 0 saturated heterocycles. The Morgan fingerprint density at radius 1 is 1.56 bits per heavy atom. The number of hydrogen-bond donors (Lipinski definition) is 2. The van der Waals surface area contributed by atoms with Crippen LogP contribution in [0.1, 0.15) is 13.8 Å². The Hall–Kier alpha value is -0.680. The molecule has 0 saturated carbocycles. The molecular weight excluding hydrogens is 124 g/mol. The Kier molecular flexibility index (Phi) is 12.8. The monoisotopic (exact) mass is 136 g/mol. The molecule has 5 nitrogen and oxygen atoms in total. The molecule has 5 heteroatoms. The van der Waals surface area contributed by atoms with Crippen molar-refractivity contribution >= 4 is 0 Å². The first-order chi connectivity index (χ1) is 4.22. The fraction of sp³-hybridized carbons (Fsp3) is 1.00. The van der Waals surface area contributed by atoms with E-state index < -0.39 is 0 Å². The Morgan fingerprint density at radius 2 is 1.78 bits per heavy atom. The van der Waals surface area contributed by atoms with Gasteiger partial charge in [0.1, 0.15) is 0 Å². The zero-order valence-electron chi connectivity index (χ0n) is 5.63. The molecule has 0 rings (SSSR count). The molecule has 0 unspecified atom stereocenters. The SMILES string of the molecule is CCN(O)CC.O=[NH+][O-]. The summed E-state index contributed by atoms with van der Waals surface area (Å²) in [5.74, 6) is 0. The van der Waals surface area contributed by atoms with Crippen molar-refractivity contribution in [1.82, 2.24) is 5.06 Å². The van der Waals surface area contributed by atoms with Gasteiger partial charge in [0, 0.05) is 18.4 Å². The van der Waals surface area contributed by atoms with Gasteiger partial charge in [0.15, 0.2) is 0 Å². The summed E-state index contributed by atoms with van der Waals surface area (Å²) < 4.78 is 0. The van der Waals surface area contributed by atoms with Gasteiger partial charge in [0.05, 0.1) is 0 Å². The molecule has 56 valence electrons. The van der Waals surface area contributed by atoms with Gasteiger partial charge in [0.2, 0.25) is 0 Å². The summed E-state index contributed by atoms with van der Waals surface area (Å²) >= 11 is 0. The molecular formula is C4H12N2O3. The molecule has 0 fully saturated rings. The van der Waals surface area contributed by atoms with Crippen LogP contribution in [0.15, 0.2) is 0 Å². The van der Waals surface area contributed by atoms with E-state index in [4.69, 9.17) is 15.3 Å². The van der Waals surface area contributed by atoms with E-state index in [2.05, 4.69) is 0 Å². The van der Waals surface area contributed by atoms with Crippen LogP contribution >= 0.6 is 0 Å². The zero-order valence-corrected chi connectivity index (χ0v) is 5.63. The zero-order chi connectivity index (χ0) is 7.70. The van der Waals surface area contributed by atoms with E-state index in [0.29, 0.717) is 0 Å². The Labute approximate surface area is 53.8 Å². The molecule has 0 aromatic rings. The number of hydrogen-bond acceptors (Lipinski definition) is 4. The van der Waals surface area contributed by atoms with Crippen molar-refractivity contribution in [3.8, 4) is 0 Å². The van der Waals surface area contributed by atoms with E-state index in [-0.39, 0.29) is 5.34 Å². The summed E-state index contributed by atoms with van der Waals surface area (Å²) in [4.78, 5) is 8.12. The van der Waals surface area contributed by atoms with Crippen LogP contribution in [-0.4, -0.2) is 23.4 Å². The Bertz CT molecular complexity index is 55.8. The molecule has 0 bridgehead atoms. The minimum atomic E-state index is 0.250. The molecule has 2 N–H and O–H groups in total. The quantitative estimate of drug-likeness (QED) is 0.379. The first-order valence-electron chi connectivity index (χ1n) is 2.65. The standard InChI is InChI=1S/C4H11NO.HNO2/c1-3-5(6)4-2;2-1-3/h6H,3-4H2,1-2H3;1H. The van der Waals surface area contributed by atoms with E-state index in [1.165, 1.54) is 5.06 Å². The second-order valence-electron chi connectivity index (χ2n) is 1.22. The molecule has 0 aromatic heterocycles. The van der Waals surface area contributed by atoms with Crippen LogP contribution in [0, 0.1) is 10.1 Å². The summed E-state index contributed by atoms with van der Waals surface area (Å²) in [6.45, 7) is 5.25. The average molecular weight is 136 g/mol. The van der Waals surface area contributed by atoms with E-state index >= 15 is 0 Å². The van der Waals surface area contributed by atoms with Gasteiger partial charge in [-0.15, -0.1) is 0 Å². The highest BCUT2D eigenvalue weighted by Crippen LogP contribution is 1.73. The fourth-order valence-electron chi connectivity index (χ4n) is 0.224. The third-order valence-electron chi connectivity index (χ3n) is 0.730. The molecule has 9 heavy (non-hydrogen) atoms. The molecule has 0 spiro atoms. The second-order valence-corrected chi connectivity index (χ2v) is 1.22. The van der Waals surface area contributed by atoms with Gasteiger partial charge < -0.3 is 5.21 Å². The minimum Gasteiger partial charge on any atom is -0.314 e. The topological polar surface area (TPSA) is 77.6 Å². The summed E-state index contributed by atoms with van der Waals surface area (Å²) in [5, 5.41) is 18.1. The maximum Gasteiger partial charge on any atom is 0.0209 e. The maximum absolute atomic E-state index is 8.50. The van der Waals surface area contributed by atoms with Crippen LogP contribution in [0.3, 0.4) is 0 Å².